The second-order valence-corrected chi connectivity index (χ2v) is 4.90. The summed E-state index contributed by atoms with van der Waals surface area (Å²) in [4.78, 5) is 15.9. The molecule has 0 aliphatic carbocycles. The van der Waals surface area contributed by atoms with Crippen LogP contribution in [0.25, 0.3) is 0 Å². The molecule has 0 aromatic carbocycles. The first-order valence-electron chi connectivity index (χ1n) is 6.67. The fourth-order valence-corrected chi connectivity index (χ4v) is 2.44. The third kappa shape index (κ3) is 2.78. The van der Waals surface area contributed by atoms with Crippen LogP contribution in [-0.4, -0.2) is 33.3 Å². The first kappa shape index (κ1) is 13.7. The molecule has 0 saturated carbocycles. The Hall–Kier alpha value is -2.28. The van der Waals surface area contributed by atoms with Crippen molar-refractivity contribution in [3.05, 3.63) is 47.8 Å². The van der Waals surface area contributed by atoms with Crippen molar-refractivity contribution < 1.29 is 13.9 Å². The Labute approximate surface area is 120 Å². The van der Waals surface area contributed by atoms with Crippen LogP contribution in [0.4, 0.5) is 4.39 Å². The zero-order valence-electron chi connectivity index (χ0n) is 11.5. The summed E-state index contributed by atoms with van der Waals surface area (Å²) in [5, 5.41) is 7.00. The van der Waals surface area contributed by atoms with Crippen molar-refractivity contribution in [1.82, 2.24) is 20.1 Å². The van der Waals surface area contributed by atoms with Crippen LogP contribution in [-0.2, 0) is 11.8 Å². The van der Waals surface area contributed by atoms with Crippen LogP contribution in [0.1, 0.15) is 28.7 Å². The number of aryl methyl sites for hydroxylation is 1. The van der Waals surface area contributed by atoms with Crippen LogP contribution in [0.5, 0.6) is 0 Å². The molecule has 1 amide bonds. The number of carbonyl (C=O) groups excluding carboxylic acids is 1. The molecule has 3 rings (SSSR count). The second-order valence-electron chi connectivity index (χ2n) is 4.90. The lowest BCUT2D eigenvalue weighted by Crippen LogP contribution is -2.37. The van der Waals surface area contributed by atoms with E-state index in [0.29, 0.717) is 13.0 Å². The lowest BCUT2D eigenvalue weighted by Gasteiger charge is -2.19. The molecule has 1 aliphatic heterocycles. The quantitative estimate of drug-likeness (QED) is 0.922. The number of pyridine rings is 1. The average molecular weight is 290 g/mol. The SMILES string of the molecule is Cn1nccc1[C@H]1OCC[C@@H]1NC(=O)c1ccc(F)cn1. The Kier molecular flexibility index (Phi) is 3.66. The summed E-state index contributed by atoms with van der Waals surface area (Å²) < 4.78 is 20.2. The number of carbonyl (C=O) groups is 1. The Morgan fingerprint density at radius 3 is 3.00 bits per heavy atom. The van der Waals surface area contributed by atoms with Gasteiger partial charge in [0.1, 0.15) is 17.6 Å². The van der Waals surface area contributed by atoms with Crippen molar-refractivity contribution in [3.63, 3.8) is 0 Å². The van der Waals surface area contributed by atoms with Gasteiger partial charge in [0.05, 0.1) is 17.9 Å². The number of halogens is 1. The van der Waals surface area contributed by atoms with E-state index in [2.05, 4.69) is 15.4 Å². The van der Waals surface area contributed by atoms with Crippen molar-refractivity contribution >= 4 is 5.91 Å². The summed E-state index contributed by atoms with van der Waals surface area (Å²) in [5.74, 6) is -0.804. The van der Waals surface area contributed by atoms with Crippen LogP contribution in [0, 0.1) is 5.82 Å². The highest BCUT2D eigenvalue weighted by Crippen LogP contribution is 2.28. The molecule has 0 spiro atoms. The molecule has 2 atom stereocenters. The lowest BCUT2D eigenvalue weighted by molar-refractivity contribution is 0.0789. The Morgan fingerprint density at radius 1 is 1.48 bits per heavy atom. The van der Waals surface area contributed by atoms with Gasteiger partial charge in [0.2, 0.25) is 0 Å². The maximum absolute atomic E-state index is 12.8. The molecule has 1 N–H and O–H groups in total. The van der Waals surface area contributed by atoms with Gasteiger partial charge in [0, 0.05) is 19.9 Å². The summed E-state index contributed by atoms with van der Waals surface area (Å²) >= 11 is 0. The zero-order chi connectivity index (χ0) is 14.8. The fraction of sp³-hybridized carbons (Fsp3) is 0.357. The van der Waals surface area contributed by atoms with Crippen molar-refractivity contribution in [3.8, 4) is 0 Å². The molecule has 1 fully saturated rings. The van der Waals surface area contributed by atoms with Gasteiger partial charge in [-0.3, -0.25) is 9.48 Å². The van der Waals surface area contributed by atoms with Crippen molar-refractivity contribution in [2.75, 3.05) is 6.61 Å². The van der Waals surface area contributed by atoms with E-state index in [0.717, 1.165) is 11.9 Å². The second kappa shape index (κ2) is 5.61. The minimum Gasteiger partial charge on any atom is -0.370 e. The molecule has 1 saturated heterocycles. The molecule has 3 heterocycles. The molecule has 0 bridgehead atoms. The van der Waals surface area contributed by atoms with Crippen molar-refractivity contribution in [1.29, 1.82) is 0 Å². The van der Waals surface area contributed by atoms with Gasteiger partial charge in [0.15, 0.2) is 0 Å². The van der Waals surface area contributed by atoms with E-state index < -0.39 is 5.82 Å². The normalized spacial score (nSPS) is 21.4. The van der Waals surface area contributed by atoms with E-state index in [4.69, 9.17) is 4.74 Å². The average Bonchev–Trinajstić information content (AvgIpc) is 3.08. The topological polar surface area (TPSA) is 69.0 Å². The minimum absolute atomic E-state index is 0.153. The molecule has 1 aliphatic rings. The number of hydrogen-bond acceptors (Lipinski definition) is 4. The summed E-state index contributed by atoms with van der Waals surface area (Å²) in [6, 6.07) is 4.29. The van der Waals surface area contributed by atoms with E-state index in [1.54, 1.807) is 10.9 Å². The van der Waals surface area contributed by atoms with Crippen LogP contribution in [0.3, 0.4) is 0 Å². The van der Waals surface area contributed by atoms with Crippen LogP contribution in [0.2, 0.25) is 0 Å². The smallest absolute Gasteiger partial charge is 0.270 e. The van der Waals surface area contributed by atoms with Gasteiger partial charge in [-0.25, -0.2) is 9.37 Å². The Bertz CT molecular complexity index is 641. The highest BCUT2D eigenvalue weighted by Gasteiger charge is 2.33. The zero-order valence-corrected chi connectivity index (χ0v) is 11.5. The van der Waals surface area contributed by atoms with Crippen LogP contribution in [0.15, 0.2) is 30.6 Å². The molecule has 0 unspecified atom stereocenters. The molecule has 7 heteroatoms. The Morgan fingerprint density at radius 2 is 2.33 bits per heavy atom. The van der Waals surface area contributed by atoms with Crippen molar-refractivity contribution in [2.24, 2.45) is 7.05 Å². The number of ether oxygens (including phenoxy) is 1. The third-order valence-electron chi connectivity index (χ3n) is 3.52. The Balaban J connectivity index is 1.73. The molecular weight excluding hydrogens is 275 g/mol. The molecule has 2 aromatic rings. The predicted octanol–water partition coefficient (Wildman–Crippen LogP) is 1.21. The summed E-state index contributed by atoms with van der Waals surface area (Å²) in [6.07, 6.45) is 3.20. The lowest BCUT2D eigenvalue weighted by atomic mass is 10.1. The number of rotatable bonds is 3. The largest absolute Gasteiger partial charge is 0.370 e. The first-order valence-corrected chi connectivity index (χ1v) is 6.67. The number of hydrogen-bond donors (Lipinski definition) is 1. The molecule has 2 aromatic heterocycles. The minimum atomic E-state index is -0.469. The number of nitrogens with zero attached hydrogens (tertiary/aromatic N) is 3. The van der Waals surface area contributed by atoms with E-state index in [1.807, 2.05) is 13.1 Å². The number of nitrogens with one attached hydrogen (secondary N) is 1. The van der Waals surface area contributed by atoms with E-state index in [1.165, 1.54) is 12.1 Å². The van der Waals surface area contributed by atoms with Gasteiger partial charge in [-0.2, -0.15) is 5.10 Å². The van der Waals surface area contributed by atoms with E-state index in [-0.39, 0.29) is 23.7 Å². The highest BCUT2D eigenvalue weighted by atomic mass is 19.1. The summed E-state index contributed by atoms with van der Waals surface area (Å²) in [5.41, 5.74) is 1.09. The predicted molar refractivity (Wildman–Crippen MR) is 72.0 cm³/mol. The van der Waals surface area contributed by atoms with E-state index in [9.17, 15) is 9.18 Å². The number of amides is 1. The fourth-order valence-electron chi connectivity index (χ4n) is 2.44. The van der Waals surface area contributed by atoms with Gasteiger partial charge in [-0.1, -0.05) is 0 Å². The van der Waals surface area contributed by atoms with Gasteiger partial charge < -0.3 is 10.1 Å². The molecule has 0 radical (unpaired) electrons. The summed E-state index contributed by atoms with van der Waals surface area (Å²) in [6.45, 7) is 0.567. The van der Waals surface area contributed by atoms with Gasteiger partial charge >= 0.3 is 0 Å². The van der Waals surface area contributed by atoms with Gasteiger partial charge in [-0.15, -0.1) is 0 Å². The molecular formula is C14H15FN4O2. The standard InChI is InChI=1S/C14H15FN4O2/c1-19-12(4-6-17-19)13-10(5-7-21-13)18-14(20)11-3-2-9(15)8-16-11/h2-4,6,8,10,13H,5,7H2,1H3,(H,18,20)/t10-,13-/m0/s1. The maximum Gasteiger partial charge on any atom is 0.270 e. The maximum atomic E-state index is 12.8. The highest BCUT2D eigenvalue weighted by molar-refractivity contribution is 5.92. The first-order chi connectivity index (χ1) is 10.1. The van der Waals surface area contributed by atoms with Gasteiger partial charge in [-0.05, 0) is 24.6 Å². The van der Waals surface area contributed by atoms with Crippen molar-refractivity contribution in [2.45, 2.75) is 18.6 Å². The summed E-state index contributed by atoms with van der Waals surface area (Å²) in [7, 11) is 1.83. The molecule has 6 nitrogen and oxygen atoms in total. The van der Waals surface area contributed by atoms with E-state index >= 15 is 0 Å². The van der Waals surface area contributed by atoms with Crippen LogP contribution < -0.4 is 5.32 Å². The molecule has 110 valence electrons. The monoisotopic (exact) mass is 290 g/mol. The number of aromatic nitrogens is 3. The van der Waals surface area contributed by atoms with Crippen LogP contribution >= 0.6 is 0 Å². The van der Waals surface area contributed by atoms with Gasteiger partial charge in [0.25, 0.3) is 5.91 Å². The third-order valence-corrected chi connectivity index (χ3v) is 3.52. The molecule has 21 heavy (non-hydrogen) atoms.